The van der Waals surface area contributed by atoms with Crippen molar-refractivity contribution in [2.24, 2.45) is 11.8 Å². The van der Waals surface area contributed by atoms with Crippen molar-refractivity contribution >= 4 is 33.6 Å². The second kappa shape index (κ2) is 12.0. The number of aromatic nitrogens is 4. The Kier molecular flexibility index (Phi) is 7.86. The van der Waals surface area contributed by atoms with E-state index >= 15 is 0 Å². The largest absolute Gasteiger partial charge is 0.573 e. The molecule has 2 aromatic heterocycles. The Balaban J connectivity index is 0.000000148. The highest BCUT2D eigenvalue weighted by molar-refractivity contribution is 6.05. The summed E-state index contributed by atoms with van der Waals surface area (Å²) in [5.41, 5.74) is 1.98. The fraction of sp³-hybridized carbons (Fsp3) is 0.484. The van der Waals surface area contributed by atoms with E-state index < -0.39 is 6.36 Å². The average molecular weight is 625 g/mol. The van der Waals surface area contributed by atoms with Crippen LogP contribution >= 0.6 is 0 Å². The Hall–Kier alpha value is -4.17. The van der Waals surface area contributed by atoms with Gasteiger partial charge in [0.15, 0.2) is 11.4 Å². The first-order valence-electron chi connectivity index (χ1n) is 15.4. The number of H-pyrrole nitrogens is 2. The number of carbonyl (C=O) groups is 2. The number of nitrogens with zero attached hydrogens (tertiary/aromatic N) is 4. The molecule has 0 spiro atoms. The number of alkyl halides is 3. The lowest BCUT2D eigenvalue weighted by molar-refractivity contribution is -0.274. The molecule has 8 heterocycles. The van der Waals surface area contributed by atoms with Gasteiger partial charge in [0.1, 0.15) is 5.75 Å². The predicted molar refractivity (Wildman–Crippen MR) is 160 cm³/mol. The number of halogens is 3. The maximum absolute atomic E-state index is 12.6. The number of ether oxygens (including phenoxy) is 1. The molecule has 238 valence electrons. The van der Waals surface area contributed by atoms with Gasteiger partial charge < -0.3 is 25.2 Å². The molecule has 2 atom stereocenters. The number of fused-ring (bicyclic) bond motifs is 8. The number of carbonyl (C=O) groups excluding carboxylic acids is 2. The molecule has 2 amide bonds. The highest BCUT2D eigenvalue weighted by atomic mass is 19.4. The molecule has 0 aliphatic carbocycles. The van der Waals surface area contributed by atoms with Crippen molar-refractivity contribution in [2.45, 2.75) is 44.1 Å². The number of piperidine rings is 6. The zero-order valence-electron chi connectivity index (χ0n) is 24.6. The van der Waals surface area contributed by atoms with Crippen LogP contribution in [0.25, 0.3) is 21.8 Å². The van der Waals surface area contributed by atoms with Gasteiger partial charge in [0.2, 0.25) is 0 Å². The third-order valence-electron chi connectivity index (χ3n) is 9.61. The van der Waals surface area contributed by atoms with E-state index in [1.807, 2.05) is 24.3 Å². The molecule has 6 aliphatic rings. The minimum atomic E-state index is -4.78. The van der Waals surface area contributed by atoms with Crippen LogP contribution in [0.15, 0.2) is 42.5 Å². The first-order chi connectivity index (χ1) is 21.7. The van der Waals surface area contributed by atoms with Crippen molar-refractivity contribution in [1.82, 2.24) is 40.8 Å². The van der Waals surface area contributed by atoms with Gasteiger partial charge >= 0.3 is 6.36 Å². The van der Waals surface area contributed by atoms with Gasteiger partial charge in [0, 0.05) is 35.9 Å². The van der Waals surface area contributed by atoms with Crippen LogP contribution in [-0.4, -0.2) is 99.7 Å². The third kappa shape index (κ3) is 6.34. The van der Waals surface area contributed by atoms with Crippen LogP contribution in [0.2, 0.25) is 0 Å². The Labute approximate surface area is 256 Å². The van der Waals surface area contributed by atoms with Crippen molar-refractivity contribution in [3.05, 3.63) is 53.9 Å². The third-order valence-corrected chi connectivity index (χ3v) is 9.61. The molecule has 0 radical (unpaired) electrons. The van der Waals surface area contributed by atoms with Gasteiger partial charge in [-0.05, 0) is 88.0 Å². The van der Waals surface area contributed by atoms with Gasteiger partial charge in [-0.15, -0.1) is 13.2 Å². The Morgan fingerprint density at radius 1 is 0.756 bits per heavy atom. The quantitative estimate of drug-likeness (QED) is 0.267. The number of rotatable bonds is 5. The molecule has 4 aromatic rings. The molecule has 2 aromatic carbocycles. The summed E-state index contributed by atoms with van der Waals surface area (Å²) in [4.78, 5) is 29.8. The van der Waals surface area contributed by atoms with E-state index in [1.54, 1.807) is 0 Å². The van der Waals surface area contributed by atoms with Gasteiger partial charge in [0.05, 0.1) is 11.0 Å². The molecule has 6 saturated heterocycles. The highest BCUT2D eigenvalue weighted by Crippen LogP contribution is 2.30. The summed E-state index contributed by atoms with van der Waals surface area (Å²) in [6, 6.07) is 11.8. The van der Waals surface area contributed by atoms with Crippen LogP contribution in [0, 0.1) is 11.8 Å². The lowest BCUT2D eigenvalue weighted by Gasteiger charge is -2.44. The Morgan fingerprint density at radius 2 is 1.27 bits per heavy atom. The van der Waals surface area contributed by atoms with Gasteiger partial charge in [-0.3, -0.25) is 19.8 Å². The number of hydrogen-bond donors (Lipinski definition) is 4. The molecule has 4 N–H and O–H groups in total. The zero-order chi connectivity index (χ0) is 31.1. The number of amides is 2. The number of nitrogens with one attached hydrogen (secondary N) is 4. The molecule has 14 heteroatoms. The molecule has 10 rings (SSSR count). The van der Waals surface area contributed by atoms with Crippen molar-refractivity contribution in [2.75, 3.05) is 39.3 Å². The predicted octanol–water partition coefficient (Wildman–Crippen LogP) is 3.67. The first kappa shape index (κ1) is 29.5. The highest BCUT2D eigenvalue weighted by Gasteiger charge is 2.37. The molecule has 11 nitrogen and oxygen atoms in total. The van der Waals surface area contributed by atoms with Gasteiger partial charge in [-0.1, -0.05) is 18.2 Å². The SMILES string of the molecule is O=C(NC1CN2CCC1CC2)c1n[nH]c2ccc(OC(F)(F)F)cc12.O=C(N[C@@H]1CN2CCC1CC2)c1n[nH]c2ccccc12. The van der Waals surface area contributed by atoms with E-state index in [1.165, 1.54) is 44.1 Å². The van der Waals surface area contributed by atoms with Crippen molar-refractivity contribution in [3.8, 4) is 5.75 Å². The van der Waals surface area contributed by atoms with Gasteiger partial charge in [-0.25, -0.2) is 0 Å². The Morgan fingerprint density at radius 3 is 1.78 bits per heavy atom. The number of aromatic amines is 2. The summed E-state index contributed by atoms with van der Waals surface area (Å²) < 4.78 is 41.1. The minimum Gasteiger partial charge on any atom is -0.406 e. The first-order valence-corrected chi connectivity index (χ1v) is 15.4. The topological polar surface area (TPSA) is 131 Å². The fourth-order valence-electron chi connectivity index (χ4n) is 7.23. The van der Waals surface area contributed by atoms with E-state index in [-0.39, 0.29) is 35.3 Å². The molecular formula is C31H35F3N8O3. The monoisotopic (exact) mass is 624 g/mol. The van der Waals surface area contributed by atoms with Gasteiger partial charge in [-0.2, -0.15) is 10.2 Å². The minimum absolute atomic E-state index is 0.0522. The zero-order valence-corrected chi connectivity index (χ0v) is 24.6. The summed E-state index contributed by atoms with van der Waals surface area (Å²) >= 11 is 0. The van der Waals surface area contributed by atoms with Crippen molar-refractivity contribution in [3.63, 3.8) is 0 Å². The second-order valence-electron chi connectivity index (χ2n) is 12.4. The summed E-state index contributed by atoms with van der Waals surface area (Å²) in [6.45, 7) is 6.27. The van der Waals surface area contributed by atoms with Crippen LogP contribution in [0.5, 0.6) is 5.75 Å². The number of hydrogen-bond acceptors (Lipinski definition) is 7. The lowest BCUT2D eigenvalue weighted by Crippen LogP contribution is -2.57. The number of benzene rings is 2. The molecule has 6 aliphatic heterocycles. The smallest absolute Gasteiger partial charge is 0.406 e. The molecule has 1 unspecified atom stereocenters. The molecule has 45 heavy (non-hydrogen) atoms. The van der Waals surface area contributed by atoms with Crippen LogP contribution in [0.1, 0.15) is 46.7 Å². The fourth-order valence-corrected chi connectivity index (χ4v) is 7.23. The van der Waals surface area contributed by atoms with E-state index in [4.69, 9.17) is 0 Å². The Bertz CT molecular complexity index is 1690. The van der Waals surface area contributed by atoms with Crippen molar-refractivity contribution in [1.29, 1.82) is 0 Å². The maximum Gasteiger partial charge on any atom is 0.573 e. The molecular weight excluding hydrogens is 589 g/mol. The summed E-state index contributed by atoms with van der Waals surface area (Å²) in [5.74, 6) is 0.270. The summed E-state index contributed by atoms with van der Waals surface area (Å²) in [7, 11) is 0. The summed E-state index contributed by atoms with van der Waals surface area (Å²) in [6.07, 6.45) is -0.278. The lowest BCUT2D eigenvalue weighted by atomic mass is 9.84. The van der Waals surface area contributed by atoms with E-state index in [9.17, 15) is 22.8 Å². The maximum atomic E-state index is 12.6. The standard InChI is InChI=1S/C16H17F3N4O2.C15H18N4O/c17-16(18,19)25-10-1-2-12-11(7-10)14(22-21-12)15(24)20-13-8-23-5-3-9(13)4-6-23;20-15(14-11-3-1-2-4-12(11)17-18-14)16-13-9-19-7-5-10(13)6-8-19/h1-2,7,9,13H,3-6,8H2,(H,20,24)(H,21,22);1-4,10,13H,5-9H2,(H,16,20)(H,17,18)/t;13-/m.1/s1. The van der Waals surface area contributed by atoms with Crippen LogP contribution < -0.4 is 15.4 Å². The second-order valence-corrected chi connectivity index (χ2v) is 12.4. The van der Waals surface area contributed by atoms with Crippen molar-refractivity contribution < 1.29 is 27.5 Å². The summed E-state index contributed by atoms with van der Waals surface area (Å²) in [5, 5.41) is 21.1. The van der Waals surface area contributed by atoms with E-state index in [0.29, 0.717) is 28.4 Å². The van der Waals surface area contributed by atoms with Gasteiger partial charge in [0.25, 0.3) is 11.8 Å². The number of para-hydroxylation sites is 1. The van der Waals surface area contributed by atoms with Crippen LogP contribution in [0.4, 0.5) is 13.2 Å². The molecule has 6 fully saturated rings. The molecule has 0 saturated carbocycles. The van der Waals surface area contributed by atoms with E-state index in [0.717, 1.165) is 49.9 Å². The van der Waals surface area contributed by atoms with Crippen LogP contribution in [-0.2, 0) is 0 Å². The normalized spacial score (nSPS) is 27.2. The van der Waals surface area contributed by atoms with Crippen LogP contribution in [0.3, 0.4) is 0 Å². The average Bonchev–Trinajstić information content (AvgIpc) is 3.66. The molecule has 4 bridgehead atoms. The van der Waals surface area contributed by atoms with E-state index in [2.05, 4.69) is 45.6 Å².